The second-order valence-electron chi connectivity index (χ2n) is 22.3. The van der Waals surface area contributed by atoms with Crippen LogP contribution < -0.4 is 32.7 Å². The Balaban J connectivity index is 1.78. The van der Waals surface area contributed by atoms with E-state index in [1.54, 1.807) is 0 Å². The van der Waals surface area contributed by atoms with Crippen molar-refractivity contribution >= 4 is 50.9 Å². The van der Waals surface area contributed by atoms with Gasteiger partial charge in [0.2, 0.25) is 29.5 Å². The van der Waals surface area contributed by atoms with Crippen LogP contribution in [0.5, 0.6) is 5.75 Å². The van der Waals surface area contributed by atoms with Gasteiger partial charge in [-0.05, 0) is 75.1 Å². The van der Waals surface area contributed by atoms with Crippen LogP contribution in [0.15, 0.2) is 24.3 Å². The summed E-state index contributed by atoms with van der Waals surface area (Å²) in [6, 6.07) is -2.69. The van der Waals surface area contributed by atoms with Gasteiger partial charge in [-0.15, -0.1) is 0 Å². The molecule has 2 aliphatic heterocycles. The number of nitrogens with one attached hydrogen (secondary N) is 4. The smallest absolute Gasteiger partial charge is 0.248 e. The van der Waals surface area contributed by atoms with E-state index in [9.17, 15) is 82.8 Å². The largest absolute Gasteiger partial charge is 0.508 e. The molecular weight excluding hydrogens is 1050 g/mol. The Bertz CT molecular complexity index is 2290. The highest BCUT2D eigenvalue weighted by atomic mass is 32.2. The summed E-state index contributed by atoms with van der Waals surface area (Å²) in [5.41, 5.74) is 11.4. The van der Waals surface area contributed by atoms with Crippen LogP contribution in [-0.4, -0.2) is 187 Å². The number of rotatable bonds is 23. The maximum Gasteiger partial charge on any atom is 0.248 e. The molecule has 2 saturated heterocycles. The number of aromatic hydroxyl groups is 1. The zero-order valence-electron chi connectivity index (χ0n) is 46.0. The maximum absolute atomic E-state index is 14.7. The average Bonchev–Trinajstić information content (AvgIpc) is 3.99. The summed E-state index contributed by atoms with van der Waals surface area (Å²) in [5.74, 6) is -13.0. The van der Waals surface area contributed by atoms with E-state index in [0.29, 0.717) is 24.7 Å². The van der Waals surface area contributed by atoms with Crippen molar-refractivity contribution in [3.05, 3.63) is 29.8 Å². The van der Waals surface area contributed by atoms with E-state index >= 15 is 0 Å². The number of sulfone groups is 1. The molecule has 2 heterocycles. The summed E-state index contributed by atoms with van der Waals surface area (Å²) in [7, 11) is -4.70. The number of aliphatic hydroxyl groups is 7. The molecule has 1 aromatic rings. The Morgan fingerprint density at radius 2 is 1.41 bits per heavy atom. The zero-order valence-corrected chi connectivity index (χ0v) is 46.8. The number of carbonyl (C=O) groups is 7. The minimum atomic E-state index is -4.70. The fourth-order valence-corrected chi connectivity index (χ4v) is 12.6. The van der Waals surface area contributed by atoms with Gasteiger partial charge in [0.1, 0.15) is 30.0 Å². The van der Waals surface area contributed by atoms with Gasteiger partial charge in [-0.2, -0.15) is 0 Å². The number of fused-ring (bicyclic) bond motifs is 2. The Hall–Kier alpha value is -4.70. The molecule has 1 aromatic carbocycles. The Morgan fingerprint density at radius 3 is 2.03 bits per heavy atom. The van der Waals surface area contributed by atoms with Crippen LogP contribution in [0, 0.1) is 29.6 Å². The van der Waals surface area contributed by atoms with Gasteiger partial charge in [0.25, 0.3) is 0 Å². The number of aliphatic hydroxyl groups excluding tert-OH is 7. The van der Waals surface area contributed by atoms with Gasteiger partial charge >= 0.3 is 0 Å². The number of nitrogens with zero attached hydrogens (tertiary/aromatic N) is 1. The van der Waals surface area contributed by atoms with Crippen molar-refractivity contribution < 1.29 is 82.8 Å². The first-order chi connectivity index (χ1) is 37.3. The lowest BCUT2D eigenvalue weighted by Gasteiger charge is -2.33. The van der Waals surface area contributed by atoms with Gasteiger partial charge in [-0.1, -0.05) is 77.8 Å². The van der Waals surface area contributed by atoms with E-state index in [2.05, 4.69) is 42.0 Å². The van der Waals surface area contributed by atoms with Gasteiger partial charge < -0.3 is 78.5 Å². The van der Waals surface area contributed by atoms with Crippen LogP contribution in [0.1, 0.15) is 142 Å². The fourth-order valence-electron chi connectivity index (χ4n) is 11.1. The van der Waals surface area contributed by atoms with Crippen LogP contribution >= 0.6 is 0 Å². The molecule has 448 valence electrons. The number of ketones is 2. The van der Waals surface area contributed by atoms with Crippen molar-refractivity contribution in [2.75, 3.05) is 25.4 Å². The van der Waals surface area contributed by atoms with E-state index in [-0.39, 0.29) is 43.5 Å². The van der Waals surface area contributed by atoms with Crippen LogP contribution in [-0.2, 0) is 43.4 Å². The van der Waals surface area contributed by atoms with Crippen molar-refractivity contribution in [1.29, 1.82) is 0 Å². The minimum absolute atomic E-state index is 0.0499. The number of benzene rings is 1. The van der Waals surface area contributed by atoms with Gasteiger partial charge in [-0.3, -0.25) is 33.6 Å². The SMILES string of the molecule is CCC(C)CC(C)CCCCCCCCC(=O)N[C@H]1C[C@@H](O)[C@H](S(=O)(=O)CCN)NC(=O)[C@H]2C(CC[C@@H]2O)C(=O)[C@H]([C@H](O)CCN)NC(=O)[C@H]([C@H](O)[C@@H](O)c2ccc(O)cc2)CC(=O)[C@@H]2C[C@@H](O)CN2C(=O)[C@H]([C@@H](C)O)NC1=O. The van der Waals surface area contributed by atoms with Crippen LogP contribution in [0.25, 0.3) is 0 Å². The Kier molecular flexibility index (Phi) is 26.6. The monoisotopic (exact) mass is 1140 g/mol. The second kappa shape index (κ2) is 31.5. The highest BCUT2D eigenvalue weighted by Gasteiger charge is 2.51. The Labute approximate surface area is 463 Å². The first-order valence-electron chi connectivity index (χ1n) is 28.0. The van der Waals surface area contributed by atoms with Gasteiger partial charge in [0.15, 0.2) is 26.8 Å². The number of hydrogen-bond acceptors (Lipinski definition) is 19. The molecule has 0 aromatic heterocycles. The number of unbranched alkanes of at least 4 members (excludes halogenated alkanes) is 5. The quantitative estimate of drug-likeness (QED) is 0.0560. The summed E-state index contributed by atoms with van der Waals surface area (Å²) in [4.78, 5) is 102. The Morgan fingerprint density at radius 1 is 0.772 bits per heavy atom. The molecule has 4 rings (SSSR count). The molecule has 24 nitrogen and oxygen atoms in total. The van der Waals surface area contributed by atoms with Crippen LogP contribution in [0.4, 0.5) is 0 Å². The summed E-state index contributed by atoms with van der Waals surface area (Å²) < 4.78 is 27.9. The minimum Gasteiger partial charge on any atom is -0.508 e. The molecular formula is C54H89N7O17S. The van der Waals surface area contributed by atoms with Crippen molar-refractivity contribution in [1.82, 2.24) is 26.2 Å². The molecule has 5 amide bonds. The molecule has 17 atom stereocenters. The first kappa shape index (κ1) is 66.8. The number of carbonyl (C=O) groups excluding carboxylic acids is 7. The third kappa shape index (κ3) is 18.9. The highest BCUT2D eigenvalue weighted by Crippen LogP contribution is 2.36. The topological polar surface area (TPSA) is 419 Å². The van der Waals surface area contributed by atoms with E-state index in [4.69, 9.17) is 11.5 Å². The summed E-state index contributed by atoms with van der Waals surface area (Å²) >= 11 is 0. The van der Waals surface area contributed by atoms with Crippen molar-refractivity contribution in [2.45, 2.75) is 203 Å². The molecule has 79 heavy (non-hydrogen) atoms. The van der Waals surface area contributed by atoms with Crippen molar-refractivity contribution in [3.8, 4) is 5.75 Å². The lowest BCUT2D eigenvalue weighted by atomic mass is 9.83. The highest BCUT2D eigenvalue weighted by molar-refractivity contribution is 7.92. The molecule has 0 radical (unpaired) electrons. The predicted molar refractivity (Wildman–Crippen MR) is 288 cm³/mol. The average molecular weight is 1140 g/mol. The molecule has 0 bridgehead atoms. The molecule has 1 aliphatic carbocycles. The number of phenolic OH excluding ortho intramolecular Hbond substituents is 1. The number of nitrogens with two attached hydrogens (primary N) is 2. The molecule has 1 saturated carbocycles. The lowest BCUT2D eigenvalue weighted by molar-refractivity contribution is -0.146. The third-order valence-electron chi connectivity index (χ3n) is 15.9. The normalized spacial score (nSPS) is 29.4. The third-order valence-corrected chi connectivity index (χ3v) is 17.9. The lowest BCUT2D eigenvalue weighted by Crippen LogP contribution is -2.60. The van der Waals surface area contributed by atoms with Crippen LogP contribution in [0.3, 0.4) is 0 Å². The van der Waals surface area contributed by atoms with E-state index in [0.717, 1.165) is 50.3 Å². The van der Waals surface area contributed by atoms with Crippen molar-refractivity contribution in [2.24, 2.45) is 41.1 Å². The van der Waals surface area contributed by atoms with Gasteiger partial charge in [0, 0.05) is 44.7 Å². The van der Waals surface area contributed by atoms with Gasteiger partial charge in [0.05, 0.1) is 60.3 Å². The van der Waals surface area contributed by atoms with Crippen LogP contribution in [0.2, 0.25) is 0 Å². The van der Waals surface area contributed by atoms with E-state index in [1.165, 1.54) is 30.7 Å². The predicted octanol–water partition coefficient (Wildman–Crippen LogP) is -1.40. The summed E-state index contributed by atoms with van der Waals surface area (Å²) in [6.07, 6.45) is -8.23. The zero-order chi connectivity index (χ0) is 58.9. The maximum atomic E-state index is 14.7. The number of amides is 5. The molecule has 3 unspecified atom stereocenters. The van der Waals surface area contributed by atoms with Crippen molar-refractivity contribution in [3.63, 3.8) is 0 Å². The fraction of sp³-hybridized carbons (Fsp3) is 0.759. The number of hydrogen-bond donors (Lipinski definition) is 14. The van der Waals surface area contributed by atoms with Gasteiger partial charge in [-0.25, -0.2) is 8.42 Å². The van der Waals surface area contributed by atoms with E-state index in [1.807, 2.05) is 0 Å². The molecule has 3 aliphatic rings. The first-order valence-corrected chi connectivity index (χ1v) is 29.7. The number of Topliss-reactive ketones (excluding diaryl/α,β-unsaturated/α-hetero) is 2. The second-order valence-corrected chi connectivity index (χ2v) is 24.5. The molecule has 3 fully saturated rings. The standard InChI is InChI=1S/C54H89N7O17S/c1-5-29(2)24-30(3)12-10-8-6-7-9-11-13-43(69)57-37-27-42(68)53(79(77,78)23-22-56)60-52(75)44-35(18-19-39(44)65)48(71)46(40(66)20-21-55)59-50(73)36(49(72)47(70)32-14-16-33(63)17-15-32)26-41(67)38-25-34(64)28-61(38)54(76)45(31(4)62)58-51(37)74/h14-17,29-31,34-40,42,44-47,49,53,62-66,68,70,72H,5-13,18-28,55-56H2,1-4H3,(H,57,69)(H,58,74)(H,59,73)(H,60,75)/t29?,30?,31-,34-,35?,36+,37+,38+,39+,40-,42-,44+,45+,46+,47+,49+,53+/m1/s1. The summed E-state index contributed by atoms with van der Waals surface area (Å²) in [6.45, 7) is 6.44. The molecule has 0 spiro atoms. The summed E-state index contributed by atoms with van der Waals surface area (Å²) in [5, 5.41) is 96.8. The van der Waals surface area contributed by atoms with E-state index < -0.39 is 179 Å². The molecule has 25 heteroatoms. The number of phenols is 1. The molecule has 16 N–H and O–H groups in total.